The van der Waals surface area contributed by atoms with Gasteiger partial charge in [0.2, 0.25) is 5.91 Å². The second-order valence-electron chi connectivity index (χ2n) is 17.1. The lowest BCUT2D eigenvalue weighted by Gasteiger charge is -2.32. The summed E-state index contributed by atoms with van der Waals surface area (Å²) in [7, 11) is 1.91. The van der Waals surface area contributed by atoms with E-state index in [-0.39, 0.29) is 29.2 Å². The fourth-order valence-corrected chi connectivity index (χ4v) is 10.1. The lowest BCUT2D eigenvalue weighted by Crippen LogP contribution is -2.34. The van der Waals surface area contributed by atoms with E-state index in [9.17, 15) is 24.3 Å². The molecule has 1 unspecified atom stereocenters. The molecule has 14 heteroatoms. The molecular weight excluding hydrogens is 735 g/mol. The highest BCUT2D eigenvalue weighted by Crippen LogP contribution is 2.63. The number of hydrogen-bond donors (Lipinski definition) is 5. The molecule has 0 saturated heterocycles. The minimum atomic E-state index is -0.619. The van der Waals surface area contributed by atoms with Crippen molar-refractivity contribution in [3.63, 3.8) is 0 Å². The molecule has 2 saturated carbocycles. The molecule has 3 amide bonds. The van der Waals surface area contributed by atoms with Crippen molar-refractivity contribution in [1.29, 1.82) is 0 Å². The Kier molecular flexibility index (Phi) is 10.7. The van der Waals surface area contributed by atoms with Crippen LogP contribution in [0.3, 0.4) is 0 Å². The van der Waals surface area contributed by atoms with Crippen LogP contribution in [-0.4, -0.2) is 79.2 Å². The van der Waals surface area contributed by atoms with Gasteiger partial charge >= 0.3 is 5.97 Å². The highest BCUT2D eigenvalue weighted by atomic mass is 16.4. The maximum absolute atomic E-state index is 13.8. The molecule has 14 nitrogen and oxygen atoms in total. The summed E-state index contributed by atoms with van der Waals surface area (Å²) in [6.45, 7) is 9.85. The van der Waals surface area contributed by atoms with Gasteiger partial charge in [-0.3, -0.25) is 28.8 Å². The van der Waals surface area contributed by atoms with Gasteiger partial charge in [-0.1, -0.05) is 24.3 Å². The Morgan fingerprint density at radius 1 is 0.914 bits per heavy atom. The number of anilines is 2. The van der Waals surface area contributed by atoms with E-state index in [1.807, 2.05) is 72.6 Å². The number of carboxylic acids is 1. The van der Waals surface area contributed by atoms with E-state index in [0.29, 0.717) is 42.5 Å². The molecule has 2 aliphatic carbocycles. The third-order valence-corrected chi connectivity index (χ3v) is 13.5. The number of carboxylic acid groups (broad SMARTS) is 1. The summed E-state index contributed by atoms with van der Waals surface area (Å²) in [6.07, 6.45) is 8.11. The molecule has 4 aromatic rings. The minimum Gasteiger partial charge on any atom is -0.481 e. The van der Waals surface area contributed by atoms with Crippen molar-refractivity contribution in [3.05, 3.63) is 82.2 Å². The Labute approximate surface area is 339 Å². The van der Waals surface area contributed by atoms with Gasteiger partial charge in [-0.05, 0) is 118 Å². The molecule has 58 heavy (non-hydrogen) atoms. The summed E-state index contributed by atoms with van der Waals surface area (Å²) in [5, 5.41) is 27.0. The Morgan fingerprint density at radius 3 is 2.26 bits per heavy atom. The van der Waals surface area contributed by atoms with Gasteiger partial charge in [0.25, 0.3) is 11.8 Å². The number of carbonyl (C=O) groups is 4. The first-order valence-corrected chi connectivity index (χ1v) is 20.7. The highest BCUT2D eigenvalue weighted by molar-refractivity contribution is 6.05. The SMILES string of the molecule is CC(=O)NCCNC1CCCn2nc(C(=O)Nc3cccc(-c4cccc(NC(=O)c5nc6c(n5C)CCN(CCC57CCC(C(=O)O)(CC5)C7)C6)c4C)c3C)cc21. The van der Waals surface area contributed by atoms with Crippen LogP contribution in [0.1, 0.15) is 114 Å². The Balaban J connectivity index is 0.919. The maximum Gasteiger partial charge on any atom is 0.309 e. The molecule has 0 radical (unpaired) electrons. The van der Waals surface area contributed by atoms with Gasteiger partial charge in [0.05, 0.1) is 16.8 Å². The van der Waals surface area contributed by atoms with E-state index < -0.39 is 11.4 Å². The fourth-order valence-electron chi connectivity index (χ4n) is 10.1. The van der Waals surface area contributed by atoms with Crippen LogP contribution < -0.4 is 21.3 Å². The van der Waals surface area contributed by atoms with Crippen molar-refractivity contribution in [2.45, 2.75) is 97.7 Å². The molecule has 5 N–H and O–H groups in total. The summed E-state index contributed by atoms with van der Waals surface area (Å²) in [5.74, 6) is -0.858. The van der Waals surface area contributed by atoms with Crippen LogP contribution >= 0.6 is 0 Å². The van der Waals surface area contributed by atoms with E-state index in [4.69, 9.17) is 4.98 Å². The number of imidazole rings is 1. The van der Waals surface area contributed by atoms with E-state index in [0.717, 1.165) is 117 Å². The van der Waals surface area contributed by atoms with Gasteiger partial charge in [-0.15, -0.1) is 0 Å². The number of benzene rings is 2. The first kappa shape index (κ1) is 39.5. The van der Waals surface area contributed by atoms with E-state index in [2.05, 4.69) is 31.3 Å². The average molecular weight is 790 g/mol. The van der Waals surface area contributed by atoms with Crippen molar-refractivity contribution in [2.24, 2.45) is 17.9 Å². The highest BCUT2D eigenvalue weighted by Gasteiger charge is 2.57. The summed E-state index contributed by atoms with van der Waals surface area (Å²) >= 11 is 0. The van der Waals surface area contributed by atoms with Crippen LogP contribution in [0, 0.1) is 24.7 Å². The van der Waals surface area contributed by atoms with Crippen LogP contribution in [0.2, 0.25) is 0 Å². The zero-order valence-electron chi connectivity index (χ0n) is 34.0. The number of carbonyl (C=O) groups excluding carboxylic acids is 3. The number of amides is 3. The van der Waals surface area contributed by atoms with Crippen molar-refractivity contribution in [2.75, 3.05) is 36.8 Å². The molecule has 4 heterocycles. The van der Waals surface area contributed by atoms with E-state index in [1.54, 1.807) is 0 Å². The predicted molar refractivity (Wildman–Crippen MR) is 221 cm³/mol. The molecule has 0 spiro atoms. The van der Waals surface area contributed by atoms with Gasteiger partial charge < -0.3 is 30.9 Å². The zero-order valence-corrected chi connectivity index (χ0v) is 34.0. The van der Waals surface area contributed by atoms with Crippen LogP contribution in [0.5, 0.6) is 0 Å². The van der Waals surface area contributed by atoms with Crippen LogP contribution in [0.15, 0.2) is 42.5 Å². The first-order valence-electron chi connectivity index (χ1n) is 20.7. The van der Waals surface area contributed by atoms with Gasteiger partial charge in [0, 0.05) is 76.2 Å². The van der Waals surface area contributed by atoms with Gasteiger partial charge in [-0.25, -0.2) is 4.98 Å². The number of fused-ring (bicyclic) bond motifs is 4. The molecule has 2 aromatic heterocycles. The summed E-state index contributed by atoms with van der Waals surface area (Å²) in [4.78, 5) is 57.9. The summed E-state index contributed by atoms with van der Waals surface area (Å²) < 4.78 is 3.82. The molecule has 4 aliphatic rings. The van der Waals surface area contributed by atoms with Crippen LogP contribution in [-0.2, 0) is 36.1 Å². The topological polar surface area (TPSA) is 176 Å². The number of aromatic nitrogens is 4. The molecule has 306 valence electrons. The third-order valence-electron chi connectivity index (χ3n) is 13.5. The van der Waals surface area contributed by atoms with Crippen molar-refractivity contribution < 1.29 is 24.3 Å². The number of nitrogens with zero attached hydrogens (tertiary/aromatic N) is 5. The van der Waals surface area contributed by atoms with Crippen molar-refractivity contribution >= 4 is 35.1 Å². The number of nitrogens with one attached hydrogen (secondary N) is 4. The van der Waals surface area contributed by atoms with Gasteiger partial charge in [0.15, 0.2) is 11.5 Å². The standard InChI is InChI=1S/C44H55N9O5/c1-27-30(8-5-10-32(27)48-40(55)35-24-38-34(12-7-21-53(38)50-35)46-20-19-45-29(3)54)31-9-6-11-33(28(31)2)49-41(56)39-47-36-25-52(22-13-37(36)51(39)4)23-18-43-14-16-44(26-43,17-15-43)42(57)58/h5-6,8-11,24,34,46H,7,12-23,25-26H2,1-4H3,(H,45,54)(H,48,55)(H,49,56)(H,57,58). The smallest absolute Gasteiger partial charge is 0.309 e. The summed E-state index contributed by atoms with van der Waals surface area (Å²) in [5.41, 5.74) is 8.02. The number of aliphatic carboxylic acids is 1. The fraction of sp³-hybridized carbons (Fsp3) is 0.500. The number of hydrogen-bond acceptors (Lipinski definition) is 8. The Hall–Kier alpha value is -5.34. The second-order valence-corrected chi connectivity index (χ2v) is 17.1. The number of rotatable bonds is 13. The zero-order chi connectivity index (χ0) is 40.8. The third kappa shape index (κ3) is 7.55. The normalized spacial score (nSPS) is 22.3. The lowest BCUT2D eigenvalue weighted by molar-refractivity contribution is -0.148. The molecule has 2 aromatic carbocycles. The van der Waals surface area contributed by atoms with E-state index in [1.165, 1.54) is 6.92 Å². The predicted octanol–water partition coefficient (Wildman–Crippen LogP) is 5.75. The average Bonchev–Trinajstić information content (AvgIpc) is 3.99. The van der Waals surface area contributed by atoms with Crippen LogP contribution in [0.4, 0.5) is 11.4 Å². The monoisotopic (exact) mass is 789 g/mol. The van der Waals surface area contributed by atoms with Gasteiger partial charge in [0.1, 0.15) is 0 Å². The van der Waals surface area contributed by atoms with Gasteiger partial charge in [-0.2, -0.15) is 5.10 Å². The first-order chi connectivity index (χ1) is 27.8. The lowest BCUT2D eigenvalue weighted by atomic mass is 9.80. The molecule has 2 fully saturated rings. The minimum absolute atomic E-state index is 0.0504. The maximum atomic E-state index is 13.8. The largest absolute Gasteiger partial charge is 0.481 e. The second kappa shape index (κ2) is 15.8. The quantitative estimate of drug-likeness (QED) is 0.106. The molecule has 2 aliphatic heterocycles. The Morgan fingerprint density at radius 2 is 1.60 bits per heavy atom. The summed E-state index contributed by atoms with van der Waals surface area (Å²) in [6, 6.07) is 13.6. The van der Waals surface area contributed by atoms with Crippen molar-refractivity contribution in [1.82, 2.24) is 34.9 Å². The van der Waals surface area contributed by atoms with Crippen molar-refractivity contribution in [3.8, 4) is 11.1 Å². The molecular formula is C44H55N9O5. The Bertz CT molecular complexity index is 2270. The molecule has 1 atom stereocenters. The van der Waals surface area contributed by atoms with Crippen LogP contribution in [0.25, 0.3) is 11.1 Å². The number of aryl methyl sites for hydroxylation is 1. The molecule has 2 bridgehead atoms. The molecule has 8 rings (SSSR count). The van der Waals surface area contributed by atoms with E-state index >= 15 is 0 Å².